The largest absolute Gasteiger partial charge is 0.294 e. The van der Waals surface area contributed by atoms with Gasteiger partial charge in [-0.1, -0.05) is 36.2 Å². The maximum Gasteiger partial charge on any atom is 0.165 e. The molecule has 0 saturated heterocycles. The topological polar surface area (TPSA) is 17.1 Å². The van der Waals surface area contributed by atoms with Gasteiger partial charge in [0.25, 0.3) is 0 Å². The van der Waals surface area contributed by atoms with Gasteiger partial charge in [-0.05, 0) is 24.6 Å². The smallest absolute Gasteiger partial charge is 0.165 e. The summed E-state index contributed by atoms with van der Waals surface area (Å²) >= 11 is 3.18. The van der Waals surface area contributed by atoms with Crippen LogP contribution >= 0.6 is 15.9 Å². The molecule has 0 heterocycles. The molecule has 1 aromatic rings. The minimum atomic E-state index is -0.378. The first kappa shape index (κ1) is 12.4. The van der Waals surface area contributed by atoms with Crippen molar-refractivity contribution >= 4 is 21.7 Å². The second kappa shape index (κ2) is 5.40. The minimum absolute atomic E-state index is 0.0112. The highest BCUT2D eigenvalue weighted by Crippen LogP contribution is 2.19. The molecule has 0 aliphatic rings. The van der Waals surface area contributed by atoms with E-state index < -0.39 is 0 Å². The Kier molecular flexibility index (Phi) is 4.45. The summed E-state index contributed by atoms with van der Waals surface area (Å²) in [6.45, 7) is 3.91. The van der Waals surface area contributed by atoms with Crippen molar-refractivity contribution in [1.82, 2.24) is 0 Å². The molecule has 0 aliphatic carbocycles. The molecule has 1 nitrogen and oxygen atoms in total. The molecule has 1 unspecified atom stereocenters. The van der Waals surface area contributed by atoms with Gasteiger partial charge >= 0.3 is 0 Å². The van der Waals surface area contributed by atoms with Crippen molar-refractivity contribution in [1.29, 1.82) is 0 Å². The van der Waals surface area contributed by atoms with E-state index in [1.165, 1.54) is 12.1 Å². The van der Waals surface area contributed by atoms with Crippen molar-refractivity contribution in [2.75, 3.05) is 0 Å². The van der Waals surface area contributed by atoms with Gasteiger partial charge in [-0.2, -0.15) is 0 Å². The first-order valence-electron chi connectivity index (χ1n) is 5.05. The van der Waals surface area contributed by atoms with Crippen LogP contribution in [-0.2, 0) is 0 Å². The maximum atomic E-state index is 13.1. The Labute approximate surface area is 97.8 Å². The van der Waals surface area contributed by atoms with Crippen LogP contribution in [0.2, 0.25) is 0 Å². The highest BCUT2D eigenvalue weighted by atomic mass is 79.9. The second-order valence-corrected chi connectivity index (χ2v) is 4.63. The zero-order chi connectivity index (χ0) is 11.4. The molecule has 0 spiro atoms. The molecule has 0 fully saturated rings. The van der Waals surface area contributed by atoms with Crippen molar-refractivity contribution in [3.05, 3.63) is 34.1 Å². The number of hydrogen-bond donors (Lipinski definition) is 0. The molecule has 0 aliphatic heterocycles. The molecule has 1 atom stereocenters. The Morgan fingerprint density at radius 1 is 1.47 bits per heavy atom. The highest BCUT2D eigenvalue weighted by molar-refractivity contribution is 9.10. The lowest BCUT2D eigenvalue weighted by molar-refractivity contribution is 0.0923. The SMILES string of the molecule is CCCC(C)C(=O)c1cc(F)cc(Br)c1. The first-order chi connectivity index (χ1) is 7.04. The summed E-state index contributed by atoms with van der Waals surface area (Å²) in [7, 11) is 0. The van der Waals surface area contributed by atoms with E-state index in [0.29, 0.717) is 10.0 Å². The molecule has 1 aromatic carbocycles. The Morgan fingerprint density at radius 2 is 2.13 bits per heavy atom. The monoisotopic (exact) mass is 272 g/mol. The Bertz CT molecular complexity index is 342. The van der Waals surface area contributed by atoms with Gasteiger partial charge in [-0.15, -0.1) is 0 Å². The quantitative estimate of drug-likeness (QED) is 0.751. The van der Waals surface area contributed by atoms with Crippen LogP contribution in [-0.4, -0.2) is 5.78 Å². The third-order valence-electron chi connectivity index (χ3n) is 2.32. The van der Waals surface area contributed by atoms with Crippen molar-refractivity contribution in [2.24, 2.45) is 5.92 Å². The van der Waals surface area contributed by atoms with Crippen molar-refractivity contribution in [2.45, 2.75) is 26.7 Å². The van der Waals surface area contributed by atoms with E-state index in [1.807, 2.05) is 13.8 Å². The van der Waals surface area contributed by atoms with E-state index in [0.717, 1.165) is 12.8 Å². The van der Waals surface area contributed by atoms with Gasteiger partial charge in [0.15, 0.2) is 5.78 Å². The first-order valence-corrected chi connectivity index (χ1v) is 5.84. The van der Waals surface area contributed by atoms with E-state index in [1.54, 1.807) is 6.07 Å². The molecule has 15 heavy (non-hydrogen) atoms. The summed E-state index contributed by atoms with van der Waals surface area (Å²) in [5.41, 5.74) is 0.447. The Morgan fingerprint density at radius 3 is 2.67 bits per heavy atom. The second-order valence-electron chi connectivity index (χ2n) is 3.71. The van der Waals surface area contributed by atoms with Crippen molar-refractivity contribution < 1.29 is 9.18 Å². The van der Waals surface area contributed by atoms with E-state index in [2.05, 4.69) is 15.9 Å². The molecule has 82 valence electrons. The third-order valence-corrected chi connectivity index (χ3v) is 2.77. The standard InChI is InChI=1S/C12H14BrFO/c1-3-4-8(2)12(15)9-5-10(13)7-11(14)6-9/h5-8H,3-4H2,1-2H3. The highest BCUT2D eigenvalue weighted by Gasteiger charge is 2.15. The Hall–Kier alpha value is -0.700. The molecule has 0 bridgehead atoms. The number of benzene rings is 1. The number of Topliss-reactive ketones (excluding diaryl/α,β-unsaturated/α-hetero) is 1. The molecular formula is C12H14BrFO. The molecular weight excluding hydrogens is 259 g/mol. The summed E-state index contributed by atoms with van der Waals surface area (Å²) in [6, 6.07) is 4.30. The van der Waals surface area contributed by atoms with Gasteiger partial charge in [0.1, 0.15) is 5.82 Å². The normalized spacial score (nSPS) is 12.5. The predicted molar refractivity (Wildman–Crippen MR) is 62.5 cm³/mol. The summed E-state index contributed by atoms with van der Waals surface area (Å²) in [5, 5.41) is 0. The van der Waals surface area contributed by atoms with Crippen LogP contribution in [0.25, 0.3) is 0 Å². The van der Waals surface area contributed by atoms with Crippen LogP contribution in [0.15, 0.2) is 22.7 Å². The molecule has 1 rings (SSSR count). The van der Waals surface area contributed by atoms with E-state index in [-0.39, 0.29) is 17.5 Å². The molecule has 0 radical (unpaired) electrons. The number of halogens is 2. The van der Waals surface area contributed by atoms with E-state index in [9.17, 15) is 9.18 Å². The lowest BCUT2D eigenvalue weighted by Crippen LogP contribution is -2.11. The average Bonchev–Trinajstić information content (AvgIpc) is 2.15. The van der Waals surface area contributed by atoms with Crippen LogP contribution < -0.4 is 0 Å². The fourth-order valence-electron chi connectivity index (χ4n) is 1.54. The fraction of sp³-hybridized carbons (Fsp3) is 0.417. The van der Waals surface area contributed by atoms with Gasteiger partial charge in [0.05, 0.1) is 0 Å². The van der Waals surface area contributed by atoms with Crippen molar-refractivity contribution in [3.8, 4) is 0 Å². The molecule has 3 heteroatoms. The molecule has 0 amide bonds. The van der Waals surface area contributed by atoms with E-state index >= 15 is 0 Å². The molecule has 0 saturated carbocycles. The summed E-state index contributed by atoms with van der Waals surface area (Å²) < 4.78 is 13.7. The molecule has 0 N–H and O–H groups in total. The fourth-order valence-corrected chi connectivity index (χ4v) is 2.01. The van der Waals surface area contributed by atoms with Crippen LogP contribution in [0.3, 0.4) is 0 Å². The van der Waals surface area contributed by atoms with Gasteiger partial charge in [0, 0.05) is 16.0 Å². The van der Waals surface area contributed by atoms with Crippen LogP contribution in [0.5, 0.6) is 0 Å². The average molecular weight is 273 g/mol. The minimum Gasteiger partial charge on any atom is -0.294 e. The maximum absolute atomic E-state index is 13.1. The zero-order valence-electron chi connectivity index (χ0n) is 8.89. The summed E-state index contributed by atoms with van der Waals surface area (Å²) in [6.07, 6.45) is 1.80. The van der Waals surface area contributed by atoms with Crippen LogP contribution in [0.4, 0.5) is 4.39 Å². The van der Waals surface area contributed by atoms with Crippen LogP contribution in [0, 0.1) is 11.7 Å². The van der Waals surface area contributed by atoms with Gasteiger partial charge in [-0.3, -0.25) is 4.79 Å². The summed E-state index contributed by atoms with van der Waals surface area (Å²) in [4.78, 5) is 11.9. The van der Waals surface area contributed by atoms with Gasteiger partial charge < -0.3 is 0 Å². The number of carbonyl (C=O) groups is 1. The lowest BCUT2D eigenvalue weighted by atomic mass is 9.95. The predicted octanol–water partition coefficient (Wildman–Crippen LogP) is 4.21. The Balaban J connectivity index is 2.90. The number of carbonyl (C=O) groups excluding carboxylic acids is 1. The number of ketones is 1. The zero-order valence-corrected chi connectivity index (χ0v) is 10.5. The van der Waals surface area contributed by atoms with Crippen molar-refractivity contribution in [3.63, 3.8) is 0 Å². The number of rotatable bonds is 4. The van der Waals surface area contributed by atoms with Gasteiger partial charge in [-0.25, -0.2) is 4.39 Å². The van der Waals surface area contributed by atoms with Crippen LogP contribution in [0.1, 0.15) is 37.0 Å². The van der Waals surface area contributed by atoms with E-state index in [4.69, 9.17) is 0 Å². The van der Waals surface area contributed by atoms with Gasteiger partial charge in [0.2, 0.25) is 0 Å². The third kappa shape index (κ3) is 3.42. The number of hydrogen-bond acceptors (Lipinski definition) is 1. The lowest BCUT2D eigenvalue weighted by Gasteiger charge is -2.09. The summed E-state index contributed by atoms with van der Waals surface area (Å²) in [5.74, 6) is -0.405. The molecule has 0 aromatic heterocycles.